The molecule has 134 valence electrons. The maximum atomic E-state index is 12.4. The van der Waals surface area contributed by atoms with Crippen molar-refractivity contribution in [2.24, 2.45) is 0 Å². The molecule has 0 bridgehead atoms. The van der Waals surface area contributed by atoms with Crippen molar-refractivity contribution in [3.8, 4) is 11.5 Å². The highest BCUT2D eigenvalue weighted by atomic mass is 16.5. The van der Waals surface area contributed by atoms with Crippen LogP contribution in [0.15, 0.2) is 30.6 Å². The van der Waals surface area contributed by atoms with Gasteiger partial charge in [0.15, 0.2) is 11.5 Å². The number of benzene rings is 1. The molecule has 1 amide bonds. The molecule has 0 fully saturated rings. The van der Waals surface area contributed by atoms with Gasteiger partial charge in [-0.2, -0.15) is 0 Å². The van der Waals surface area contributed by atoms with Gasteiger partial charge in [0.25, 0.3) is 5.91 Å². The molecule has 1 aromatic carbocycles. The van der Waals surface area contributed by atoms with Gasteiger partial charge >= 0.3 is 0 Å². The number of ether oxygens (including phenoxy) is 2. The summed E-state index contributed by atoms with van der Waals surface area (Å²) in [5, 5.41) is 2.86. The molecule has 0 aliphatic heterocycles. The maximum Gasteiger partial charge on any atom is 0.270 e. The average molecular weight is 344 g/mol. The molecule has 0 radical (unpaired) electrons. The highest BCUT2D eigenvalue weighted by molar-refractivity contribution is 5.92. The Morgan fingerprint density at radius 3 is 2.44 bits per heavy atom. The number of rotatable bonds is 8. The van der Waals surface area contributed by atoms with Crippen LogP contribution in [0.1, 0.15) is 29.9 Å². The molecular weight excluding hydrogens is 320 g/mol. The van der Waals surface area contributed by atoms with Gasteiger partial charge in [0, 0.05) is 25.7 Å². The lowest BCUT2D eigenvalue weighted by molar-refractivity contribution is 0.0945. The molecule has 7 heteroatoms. The molecule has 0 aliphatic rings. The maximum absolute atomic E-state index is 12.4. The molecule has 25 heavy (non-hydrogen) atoms. The minimum absolute atomic E-state index is 0.245. The van der Waals surface area contributed by atoms with E-state index in [2.05, 4.69) is 20.2 Å². The van der Waals surface area contributed by atoms with E-state index in [0.29, 0.717) is 23.7 Å². The van der Waals surface area contributed by atoms with Gasteiger partial charge < -0.3 is 19.7 Å². The van der Waals surface area contributed by atoms with Crippen LogP contribution in [0.5, 0.6) is 11.5 Å². The Balaban J connectivity index is 2.06. The lowest BCUT2D eigenvalue weighted by Crippen LogP contribution is -2.26. The third-order valence-electron chi connectivity index (χ3n) is 3.87. The molecule has 2 aromatic rings. The van der Waals surface area contributed by atoms with Crippen LogP contribution in [0.25, 0.3) is 0 Å². The Hall–Kier alpha value is -2.83. The fourth-order valence-corrected chi connectivity index (χ4v) is 2.46. The predicted octanol–water partition coefficient (Wildman–Crippen LogP) is 2.27. The molecule has 0 spiro atoms. The van der Waals surface area contributed by atoms with E-state index in [1.165, 1.54) is 6.33 Å². The van der Waals surface area contributed by atoms with Crippen LogP contribution in [-0.4, -0.2) is 43.2 Å². The standard InChI is InChI=1S/C18H24N4O3/c1-5-22(6-2)17-10-14(20-12-21-17)18(23)19-11-13-7-8-15(24-3)16(9-13)25-4/h7-10,12H,5-6,11H2,1-4H3,(H,19,23). The molecule has 0 saturated carbocycles. The molecular formula is C18H24N4O3. The van der Waals surface area contributed by atoms with E-state index < -0.39 is 0 Å². The van der Waals surface area contributed by atoms with Crippen molar-refractivity contribution in [3.05, 3.63) is 41.9 Å². The minimum Gasteiger partial charge on any atom is -0.493 e. The average Bonchev–Trinajstić information content (AvgIpc) is 2.67. The Labute approximate surface area is 148 Å². The van der Waals surface area contributed by atoms with Crippen LogP contribution in [-0.2, 0) is 6.54 Å². The number of carbonyl (C=O) groups excluding carboxylic acids is 1. The first-order valence-electron chi connectivity index (χ1n) is 8.19. The third-order valence-corrected chi connectivity index (χ3v) is 3.87. The van der Waals surface area contributed by atoms with Crippen molar-refractivity contribution in [3.63, 3.8) is 0 Å². The van der Waals surface area contributed by atoms with E-state index in [4.69, 9.17) is 9.47 Å². The highest BCUT2D eigenvalue weighted by Gasteiger charge is 2.12. The number of aromatic nitrogens is 2. The number of hydrogen-bond donors (Lipinski definition) is 1. The summed E-state index contributed by atoms with van der Waals surface area (Å²) in [4.78, 5) is 22.7. The molecule has 0 atom stereocenters. The van der Waals surface area contributed by atoms with Gasteiger partial charge in [-0.05, 0) is 31.5 Å². The second-order valence-electron chi connectivity index (χ2n) is 5.31. The number of hydrogen-bond acceptors (Lipinski definition) is 6. The number of nitrogens with zero attached hydrogens (tertiary/aromatic N) is 3. The van der Waals surface area contributed by atoms with Gasteiger partial charge in [-0.25, -0.2) is 9.97 Å². The summed E-state index contributed by atoms with van der Waals surface area (Å²) in [6, 6.07) is 7.23. The zero-order chi connectivity index (χ0) is 18.2. The highest BCUT2D eigenvalue weighted by Crippen LogP contribution is 2.27. The fraction of sp³-hybridized carbons (Fsp3) is 0.389. The molecule has 0 aliphatic carbocycles. The van der Waals surface area contributed by atoms with Crippen LogP contribution in [0.2, 0.25) is 0 Å². The van der Waals surface area contributed by atoms with Crippen LogP contribution in [0, 0.1) is 0 Å². The number of carbonyl (C=O) groups is 1. The second-order valence-corrected chi connectivity index (χ2v) is 5.31. The lowest BCUT2D eigenvalue weighted by Gasteiger charge is -2.19. The summed E-state index contributed by atoms with van der Waals surface area (Å²) >= 11 is 0. The Morgan fingerprint density at radius 1 is 1.08 bits per heavy atom. The van der Waals surface area contributed by atoms with Gasteiger partial charge in [-0.15, -0.1) is 0 Å². The first kappa shape index (κ1) is 18.5. The van der Waals surface area contributed by atoms with E-state index in [-0.39, 0.29) is 5.91 Å². The monoisotopic (exact) mass is 344 g/mol. The van der Waals surface area contributed by atoms with E-state index in [1.807, 2.05) is 32.0 Å². The number of methoxy groups -OCH3 is 2. The summed E-state index contributed by atoms with van der Waals surface area (Å²) in [7, 11) is 3.16. The number of anilines is 1. The molecule has 1 aromatic heterocycles. The topological polar surface area (TPSA) is 76.6 Å². The van der Waals surface area contributed by atoms with Gasteiger partial charge in [0.05, 0.1) is 14.2 Å². The van der Waals surface area contributed by atoms with Crippen molar-refractivity contribution in [2.45, 2.75) is 20.4 Å². The van der Waals surface area contributed by atoms with Crippen molar-refractivity contribution in [1.29, 1.82) is 0 Å². The quantitative estimate of drug-likeness (QED) is 0.792. The van der Waals surface area contributed by atoms with Crippen molar-refractivity contribution in [1.82, 2.24) is 15.3 Å². The lowest BCUT2D eigenvalue weighted by atomic mass is 10.2. The Kier molecular flexibility index (Phi) is 6.56. The van der Waals surface area contributed by atoms with Crippen LogP contribution in [0.4, 0.5) is 5.82 Å². The number of nitrogens with one attached hydrogen (secondary N) is 1. The molecule has 1 N–H and O–H groups in total. The van der Waals surface area contributed by atoms with Crippen LogP contribution >= 0.6 is 0 Å². The summed E-state index contributed by atoms with van der Waals surface area (Å²) in [6.07, 6.45) is 1.42. The molecule has 7 nitrogen and oxygen atoms in total. The van der Waals surface area contributed by atoms with E-state index in [9.17, 15) is 4.79 Å². The van der Waals surface area contributed by atoms with E-state index in [1.54, 1.807) is 20.3 Å². The minimum atomic E-state index is -0.245. The smallest absolute Gasteiger partial charge is 0.270 e. The van der Waals surface area contributed by atoms with E-state index in [0.717, 1.165) is 24.5 Å². The van der Waals surface area contributed by atoms with Gasteiger partial charge in [-0.1, -0.05) is 6.07 Å². The summed E-state index contributed by atoms with van der Waals surface area (Å²) in [6.45, 7) is 6.09. The van der Waals surface area contributed by atoms with Crippen molar-refractivity contribution < 1.29 is 14.3 Å². The largest absolute Gasteiger partial charge is 0.493 e. The first-order chi connectivity index (χ1) is 12.1. The summed E-state index contributed by atoms with van der Waals surface area (Å²) < 4.78 is 10.5. The fourth-order valence-electron chi connectivity index (χ4n) is 2.46. The van der Waals surface area contributed by atoms with Gasteiger partial charge in [-0.3, -0.25) is 4.79 Å². The second kappa shape index (κ2) is 8.86. The summed E-state index contributed by atoms with van der Waals surface area (Å²) in [5.41, 5.74) is 1.25. The van der Waals surface area contributed by atoms with Crippen LogP contribution < -0.4 is 19.7 Å². The van der Waals surface area contributed by atoms with Crippen molar-refractivity contribution >= 4 is 11.7 Å². The Morgan fingerprint density at radius 2 is 1.80 bits per heavy atom. The molecule has 0 saturated heterocycles. The summed E-state index contributed by atoms with van der Waals surface area (Å²) in [5.74, 6) is 1.78. The molecule has 0 unspecified atom stereocenters. The molecule has 1 heterocycles. The van der Waals surface area contributed by atoms with Crippen LogP contribution in [0.3, 0.4) is 0 Å². The number of amides is 1. The SMILES string of the molecule is CCN(CC)c1cc(C(=O)NCc2ccc(OC)c(OC)c2)ncn1. The van der Waals surface area contributed by atoms with Gasteiger partial charge in [0.1, 0.15) is 17.8 Å². The predicted molar refractivity (Wildman–Crippen MR) is 96.3 cm³/mol. The molecule has 2 rings (SSSR count). The third kappa shape index (κ3) is 4.59. The van der Waals surface area contributed by atoms with Gasteiger partial charge in [0.2, 0.25) is 0 Å². The zero-order valence-electron chi connectivity index (χ0n) is 15.1. The first-order valence-corrected chi connectivity index (χ1v) is 8.19. The normalized spacial score (nSPS) is 10.2. The van der Waals surface area contributed by atoms with Crippen molar-refractivity contribution in [2.75, 3.05) is 32.2 Å². The van der Waals surface area contributed by atoms with E-state index >= 15 is 0 Å². The Bertz CT molecular complexity index is 717. The zero-order valence-corrected chi connectivity index (χ0v) is 15.1.